The van der Waals surface area contributed by atoms with Crippen LogP contribution in [0.5, 0.6) is 0 Å². The summed E-state index contributed by atoms with van der Waals surface area (Å²) >= 11 is 1.70. The van der Waals surface area contributed by atoms with E-state index in [0.717, 1.165) is 5.56 Å². The fraction of sp³-hybridized carbons (Fsp3) is 0.200. The van der Waals surface area contributed by atoms with Crippen LogP contribution >= 0.6 is 11.3 Å². The van der Waals surface area contributed by atoms with Crippen molar-refractivity contribution in [3.8, 4) is 0 Å². The molecule has 0 saturated carbocycles. The molecule has 3 nitrogen and oxygen atoms in total. The number of nitrogens with zero attached hydrogens (tertiary/aromatic N) is 2. The standard InChI is InChI=1S/C10H11N3S/c1-11-10(8-2-3-14-6-8)9-4-12-7-13-5-9/h2-7,10-11H,1H3. The van der Waals surface area contributed by atoms with Gasteiger partial charge >= 0.3 is 0 Å². The Balaban J connectivity index is 2.31. The van der Waals surface area contributed by atoms with Gasteiger partial charge < -0.3 is 5.32 Å². The molecule has 2 aromatic rings. The fourth-order valence-electron chi connectivity index (χ4n) is 1.42. The first-order chi connectivity index (χ1) is 6.92. The van der Waals surface area contributed by atoms with Gasteiger partial charge in [0.2, 0.25) is 0 Å². The summed E-state index contributed by atoms with van der Waals surface area (Å²) in [5, 5.41) is 7.45. The summed E-state index contributed by atoms with van der Waals surface area (Å²) < 4.78 is 0. The van der Waals surface area contributed by atoms with Gasteiger partial charge in [-0.2, -0.15) is 11.3 Å². The van der Waals surface area contributed by atoms with Crippen LogP contribution in [0.15, 0.2) is 35.5 Å². The predicted molar refractivity (Wildman–Crippen MR) is 57.3 cm³/mol. The number of rotatable bonds is 3. The van der Waals surface area contributed by atoms with Gasteiger partial charge in [0.15, 0.2) is 0 Å². The van der Waals surface area contributed by atoms with Gasteiger partial charge in [-0.25, -0.2) is 9.97 Å². The Kier molecular flexibility index (Phi) is 2.86. The van der Waals surface area contributed by atoms with Crippen molar-refractivity contribution in [3.05, 3.63) is 46.7 Å². The maximum atomic E-state index is 4.02. The van der Waals surface area contributed by atoms with Gasteiger partial charge in [-0.15, -0.1) is 0 Å². The Hall–Kier alpha value is -1.26. The van der Waals surface area contributed by atoms with E-state index in [1.54, 1.807) is 17.7 Å². The fourth-order valence-corrected chi connectivity index (χ4v) is 2.11. The summed E-state index contributed by atoms with van der Waals surface area (Å²) in [5.74, 6) is 0. The maximum Gasteiger partial charge on any atom is 0.115 e. The highest BCUT2D eigenvalue weighted by Gasteiger charge is 2.11. The summed E-state index contributed by atoms with van der Waals surface area (Å²) in [7, 11) is 1.94. The lowest BCUT2D eigenvalue weighted by Gasteiger charge is -2.13. The monoisotopic (exact) mass is 205 g/mol. The van der Waals surface area contributed by atoms with Gasteiger partial charge in [0.1, 0.15) is 6.33 Å². The highest BCUT2D eigenvalue weighted by Crippen LogP contribution is 2.22. The molecule has 0 fully saturated rings. The van der Waals surface area contributed by atoms with E-state index in [4.69, 9.17) is 0 Å². The molecule has 1 unspecified atom stereocenters. The van der Waals surface area contributed by atoms with Crippen molar-refractivity contribution in [2.75, 3.05) is 7.05 Å². The van der Waals surface area contributed by atoms with Crippen LogP contribution in [0.3, 0.4) is 0 Å². The summed E-state index contributed by atoms with van der Waals surface area (Å²) in [6.07, 6.45) is 5.22. The number of aromatic nitrogens is 2. The Labute approximate surface area is 86.8 Å². The molecular weight excluding hydrogens is 194 g/mol. The Morgan fingerprint density at radius 2 is 2.07 bits per heavy atom. The van der Waals surface area contributed by atoms with Crippen molar-refractivity contribution >= 4 is 11.3 Å². The molecule has 0 bridgehead atoms. The van der Waals surface area contributed by atoms with Crippen LogP contribution < -0.4 is 5.32 Å². The van der Waals surface area contributed by atoms with Crippen molar-refractivity contribution in [1.82, 2.24) is 15.3 Å². The predicted octanol–water partition coefficient (Wildman–Crippen LogP) is 1.85. The largest absolute Gasteiger partial charge is 0.309 e. The van der Waals surface area contributed by atoms with Crippen LogP contribution in [0.4, 0.5) is 0 Å². The average Bonchev–Trinajstić information content (AvgIpc) is 2.74. The van der Waals surface area contributed by atoms with Crippen LogP contribution in [0.2, 0.25) is 0 Å². The van der Waals surface area contributed by atoms with E-state index in [9.17, 15) is 0 Å². The SMILES string of the molecule is CNC(c1cncnc1)c1ccsc1. The molecule has 0 aliphatic heterocycles. The zero-order valence-electron chi connectivity index (χ0n) is 7.84. The van der Waals surface area contributed by atoms with E-state index in [-0.39, 0.29) is 6.04 Å². The first kappa shape index (κ1) is 9.30. The van der Waals surface area contributed by atoms with E-state index in [0.29, 0.717) is 0 Å². The van der Waals surface area contributed by atoms with Crippen molar-refractivity contribution in [1.29, 1.82) is 0 Å². The van der Waals surface area contributed by atoms with Gasteiger partial charge in [0, 0.05) is 18.0 Å². The molecule has 14 heavy (non-hydrogen) atoms. The van der Waals surface area contributed by atoms with Crippen LogP contribution in [0.25, 0.3) is 0 Å². The third-order valence-electron chi connectivity index (χ3n) is 2.08. The molecule has 1 atom stereocenters. The molecule has 0 radical (unpaired) electrons. The number of hydrogen-bond acceptors (Lipinski definition) is 4. The smallest absolute Gasteiger partial charge is 0.115 e. The van der Waals surface area contributed by atoms with Crippen molar-refractivity contribution in [3.63, 3.8) is 0 Å². The molecule has 0 aromatic carbocycles. The zero-order valence-corrected chi connectivity index (χ0v) is 8.66. The molecule has 2 heterocycles. The van der Waals surface area contributed by atoms with Crippen molar-refractivity contribution in [2.45, 2.75) is 6.04 Å². The molecule has 0 amide bonds. The molecule has 1 N–H and O–H groups in total. The quantitative estimate of drug-likeness (QED) is 0.831. The van der Waals surface area contributed by atoms with Crippen LogP contribution in [-0.4, -0.2) is 17.0 Å². The van der Waals surface area contributed by atoms with E-state index >= 15 is 0 Å². The third-order valence-corrected chi connectivity index (χ3v) is 2.78. The van der Waals surface area contributed by atoms with Crippen molar-refractivity contribution in [2.24, 2.45) is 0 Å². The maximum absolute atomic E-state index is 4.02. The molecule has 0 aliphatic rings. The van der Waals surface area contributed by atoms with E-state index in [1.165, 1.54) is 5.56 Å². The molecule has 0 spiro atoms. The van der Waals surface area contributed by atoms with Gasteiger partial charge in [-0.1, -0.05) is 0 Å². The van der Waals surface area contributed by atoms with E-state index < -0.39 is 0 Å². The summed E-state index contributed by atoms with van der Waals surface area (Å²) in [6.45, 7) is 0. The zero-order chi connectivity index (χ0) is 9.80. The molecule has 2 rings (SSSR count). The lowest BCUT2D eigenvalue weighted by Crippen LogP contribution is -2.17. The normalized spacial score (nSPS) is 12.6. The first-order valence-electron chi connectivity index (χ1n) is 4.36. The van der Waals surface area contributed by atoms with Gasteiger partial charge in [0.05, 0.1) is 6.04 Å². The lowest BCUT2D eigenvalue weighted by atomic mass is 10.1. The summed E-state index contributed by atoms with van der Waals surface area (Å²) in [6, 6.07) is 2.31. The van der Waals surface area contributed by atoms with Crippen LogP contribution in [-0.2, 0) is 0 Å². The Morgan fingerprint density at radius 1 is 1.29 bits per heavy atom. The number of thiophene rings is 1. The molecule has 4 heteroatoms. The highest BCUT2D eigenvalue weighted by molar-refractivity contribution is 7.08. The van der Waals surface area contributed by atoms with Gasteiger partial charge in [-0.3, -0.25) is 0 Å². The Bertz CT molecular complexity index is 372. The minimum absolute atomic E-state index is 0.197. The van der Waals surface area contributed by atoms with Gasteiger partial charge in [-0.05, 0) is 29.4 Å². The minimum Gasteiger partial charge on any atom is -0.309 e. The van der Waals surface area contributed by atoms with Crippen LogP contribution in [0.1, 0.15) is 17.2 Å². The number of nitrogens with one attached hydrogen (secondary N) is 1. The molecule has 0 saturated heterocycles. The minimum atomic E-state index is 0.197. The van der Waals surface area contributed by atoms with E-state index in [2.05, 4.69) is 32.1 Å². The van der Waals surface area contributed by atoms with Crippen LogP contribution in [0, 0.1) is 0 Å². The summed E-state index contributed by atoms with van der Waals surface area (Å²) in [4.78, 5) is 8.03. The molecular formula is C10H11N3S. The molecule has 0 aliphatic carbocycles. The average molecular weight is 205 g/mol. The van der Waals surface area contributed by atoms with Gasteiger partial charge in [0.25, 0.3) is 0 Å². The van der Waals surface area contributed by atoms with Crippen molar-refractivity contribution < 1.29 is 0 Å². The molecule has 72 valence electrons. The number of hydrogen-bond donors (Lipinski definition) is 1. The highest BCUT2D eigenvalue weighted by atomic mass is 32.1. The summed E-state index contributed by atoms with van der Waals surface area (Å²) in [5.41, 5.74) is 2.35. The second-order valence-corrected chi connectivity index (χ2v) is 3.73. The van der Waals surface area contributed by atoms with E-state index in [1.807, 2.05) is 19.4 Å². The molecule has 2 aromatic heterocycles. The first-order valence-corrected chi connectivity index (χ1v) is 5.30. The Morgan fingerprint density at radius 3 is 2.64 bits per heavy atom. The third kappa shape index (κ3) is 1.81. The lowest BCUT2D eigenvalue weighted by molar-refractivity contribution is 0.687. The topological polar surface area (TPSA) is 37.8 Å². The second-order valence-electron chi connectivity index (χ2n) is 2.95. The second kappa shape index (κ2) is 4.30.